The van der Waals surface area contributed by atoms with E-state index in [9.17, 15) is 23.3 Å². The molecule has 1 saturated carbocycles. The molecule has 0 spiro atoms. The highest BCUT2D eigenvalue weighted by atomic mass is 32.2. The summed E-state index contributed by atoms with van der Waals surface area (Å²) in [6, 6.07) is 17.6. The lowest BCUT2D eigenvalue weighted by Gasteiger charge is -2.32. The second-order valence-electron chi connectivity index (χ2n) is 10.1. The van der Waals surface area contributed by atoms with Crippen LogP contribution in [0.3, 0.4) is 0 Å². The number of sulfonamides is 1. The summed E-state index contributed by atoms with van der Waals surface area (Å²) in [5.74, 6) is -0.953. The molecule has 9 nitrogen and oxygen atoms in total. The number of rotatable bonds is 6. The second kappa shape index (κ2) is 10.7. The van der Waals surface area contributed by atoms with Gasteiger partial charge in [-0.05, 0) is 55.7 Å². The van der Waals surface area contributed by atoms with Crippen LogP contribution in [0.15, 0.2) is 82.4 Å². The summed E-state index contributed by atoms with van der Waals surface area (Å²) in [7, 11) is -0.666. The molecule has 3 aromatic rings. The van der Waals surface area contributed by atoms with Crippen LogP contribution in [0, 0.1) is 11.3 Å². The van der Waals surface area contributed by atoms with E-state index in [1.165, 1.54) is 31.1 Å². The van der Waals surface area contributed by atoms with Gasteiger partial charge in [0, 0.05) is 43.0 Å². The highest BCUT2D eigenvalue weighted by molar-refractivity contribution is 7.89. The molecule has 1 fully saturated rings. The number of nitriles is 1. The number of imide groups is 1. The molecule has 0 atom stereocenters. The Bertz CT molecular complexity index is 1690. The van der Waals surface area contributed by atoms with Gasteiger partial charge in [-0.2, -0.15) is 10.4 Å². The van der Waals surface area contributed by atoms with Gasteiger partial charge in [-0.25, -0.2) is 17.4 Å². The number of hydrogen-bond donors (Lipinski definition) is 0. The first-order valence-electron chi connectivity index (χ1n) is 13.0. The fourth-order valence-electron chi connectivity index (χ4n) is 5.18. The Morgan fingerprint density at radius 3 is 2.25 bits per heavy atom. The van der Waals surface area contributed by atoms with E-state index in [1.54, 1.807) is 36.0 Å². The number of carbonyl (C=O) groups is 2. The van der Waals surface area contributed by atoms with E-state index in [0.717, 1.165) is 35.7 Å². The van der Waals surface area contributed by atoms with Crippen molar-refractivity contribution >= 4 is 27.9 Å². The van der Waals surface area contributed by atoms with Crippen LogP contribution in [0.1, 0.15) is 38.2 Å². The number of aromatic nitrogens is 2. The third-order valence-corrected chi connectivity index (χ3v) is 9.26. The molecule has 204 valence electrons. The van der Waals surface area contributed by atoms with Crippen molar-refractivity contribution < 1.29 is 18.0 Å². The Morgan fingerprint density at radius 1 is 1.00 bits per heavy atom. The number of carbonyl (C=O) groups excluding carboxylic acids is 2. The highest BCUT2D eigenvalue weighted by Crippen LogP contribution is 2.35. The summed E-state index contributed by atoms with van der Waals surface area (Å²) in [6.45, 7) is 1.62. The van der Waals surface area contributed by atoms with Gasteiger partial charge in [0.05, 0.1) is 16.3 Å². The van der Waals surface area contributed by atoms with Gasteiger partial charge >= 0.3 is 0 Å². The van der Waals surface area contributed by atoms with Gasteiger partial charge in [-0.3, -0.25) is 14.5 Å². The van der Waals surface area contributed by atoms with Gasteiger partial charge in [0.15, 0.2) is 0 Å². The summed E-state index contributed by atoms with van der Waals surface area (Å²) >= 11 is 0. The first-order chi connectivity index (χ1) is 19.1. The van der Waals surface area contributed by atoms with Gasteiger partial charge in [-0.1, -0.05) is 43.2 Å². The van der Waals surface area contributed by atoms with Crippen LogP contribution in [-0.2, 0) is 19.6 Å². The molecule has 2 aromatic carbocycles. The lowest BCUT2D eigenvalue weighted by Crippen LogP contribution is -2.47. The number of hydrogen-bond acceptors (Lipinski definition) is 6. The quantitative estimate of drug-likeness (QED) is 0.330. The first kappa shape index (κ1) is 27.2. The Labute approximate surface area is 233 Å². The van der Waals surface area contributed by atoms with E-state index in [4.69, 9.17) is 5.10 Å². The minimum Gasteiger partial charge on any atom is -0.271 e. The zero-order valence-corrected chi connectivity index (χ0v) is 23.4. The maximum Gasteiger partial charge on any atom is 0.271 e. The Balaban J connectivity index is 1.66. The summed E-state index contributed by atoms with van der Waals surface area (Å²) in [6.07, 6.45) is 6.77. The van der Waals surface area contributed by atoms with Gasteiger partial charge in [0.2, 0.25) is 10.0 Å². The molecule has 2 heterocycles. The molecule has 0 saturated heterocycles. The molecular weight excluding hydrogens is 526 g/mol. The molecule has 0 unspecified atom stereocenters. The van der Waals surface area contributed by atoms with E-state index in [2.05, 4.69) is 0 Å². The van der Waals surface area contributed by atoms with Crippen molar-refractivity contribution in [1.82, 2.24) is 19.0 Å². The van der Waals surface area contributed by atoms with E-state index < -0.39 is 21.8 Å². The van der Waals surface area contributed by atoms with Gasteiger partial charge in [-0.15, -0.1) is 0 Å². The number of nitrogens with zero attached hydrogens (tertiary/aromatic N) is 5. The molecule has 0 N–H and O–H groups in total. The Kier molecular flexibility index (Phi) is 7.27. The maximum absolute atomic E-state index is 13.7. The molecule has 1 aliphatic carbocycles. The van der Waals surface area contributed by atoms with Crippen molar-refractivity contribution in [3.8, 4) is 23.0 Å². The normalized spacial score (nSPS) is 17.8. The fraction of sp³-hybridized carbons (Fsp3) is 0.267. The SMILES string of the molecule is CC1=C(C#N)C(=O)N(C2CCCC2)C(=O)/C1=C/c1cn(-c2ccccc2)nc1-c1ccc(S(=O)(=O)N(C)C)cc1. The molecule has 0 radical (unpaired) electrons. The standard InChI is InChI=1S/C30H29N5O4S/c1-20-26(29(36)35(24-11-7-8-12-24)30(37)27(20)18-31)17-22-19-34(23-9-5-4-6-10-23)32-28(22)21-13-15-25(16-14-21)40(38,39)33(2)3/h4-6,9-10,13-17,19,24H,7-8,11-12H2,1-3H3/b26-17+. The lowest BCUT2D eigenvalue weighted by atomic mass is 9.92. The van der Waals surface area contributed by atoms with Crippen LogP contribution >= 0.6 is 0 Å². The minimum atomic E-state index is -3.61. The van der Waals surface area contributed by atoms with E-state index >= 15 is 0 Å². The molecule has 2 aliphatic rings. The van der Waals surface area contributed by atoms with Crippen molar-refractivity contribution in [2.24, 2.45) is 0 Å². The van der Waals surface area contributed by atoms with Gasteiger partial charge in [0.1, 0.15) is 11.6 Å². The van der Waals surface area contributed by atoms with Crippen molar-refractivity contribution in [3.05, 3.63) is 83.1 Å². The smallest absolute Gasteiger partial charge is 0.271 e. The summed E-state index contributed by atoms with van der Waals surface area (Å²) in [5, 5.41) is 14.6. The topological polar surface area (TPSA) is 116 Å². The number of para-hydroxylation sites is 1. The fourth-order valence-corrected chi connectivity index (χ4v) is 6.08. The molecule has 5 rings (SSSR count). The van der Waals surface area contributed by atoms with Crippen LogP contribution in [-0.4, -0.2) is 59.4 Å². The third kappa shape index (κ3) is 4.78. The summed E-state index contributed by atoms with van der Waals surface area (Å²) < 4.78 is 28.0. The molecule has 2 amide bonds. The molecule has 0 bridgehead atoms. The lowest BCUT2D eigenvalue weighted by molar-refractivity contribution is -0.143. The Morgan fingerprint density at radius 2 is 1.65 bits per heavy atom. The van der Waals surface area contributed by atoms with Crippen LogP contribution < -0.4 is 0 Å². The van der Waals surface area contributed by atoms with Gasteiger partial charge < -0.3 is 0 Å². The zero-order valence-electron chi connectivity index (χ0n) is 22.5. The van der Waals surface area contributed by atoms with Crippen LogP contribution in [0.2, 0.25) is 0 Å². The molecular formula is C30H29N5O4S. The molecule has 1 aliphatic heterocycles. The number of amides is 2. The Hall–Kier alpha value is -4.33. The van der Waals surface area contributed by atoms with Crippen molar-refractivity contribution in [3.63, 3.8) is 0 Å². The first-order valence-corrected chi connectivity index (χ1v) is 14.5. The summed E-state index contributed by atoms with van der Waals surface area (Å²) in [4.78, 5) is 28.3. The highest BCUT2D eigenvalue weighted by Gasteiger charge is 2.40. The monoisotopic (exact) mass is 555 g/mol. The third-order valence-electron chi connectivity index (χ3n) is 7.43. The van der Waals surface area contributed by atoms with Gasteiger partial charge in [0.25, 0.3) is 11.8 Å². The number of benzene rings is 2. The van der Waals surface area contributed by atoms with Crippen LogP contribution in [0.4, 0.5) is 0 Å². The minimum absolute atomic E-state index is 0.0343. The predicted molar refractivity (Wildman–Crippen MR) is 150 cm³/mol. The van der Waals surface area contributed by atoms with Crippen molar-refractivity contribution in [1.29, 1.82) is 5.26 Å². The predicted octanol–water partition coefficient (Wildman–Crippen LogP) is 4.32. The maximum atomic E-state index is 13.7. The van der Waals surface area contributed by atoms with Crippen molar-refractivity contribution in [2.45, 2.75) is 43.5 Å². The van der Waals surface area contributed by atoms with Crippen molar-refractivity contribution in [2.75, 3.05) is 14.1 Å². The molecule has 1 aromatic heterocycles. The second-order valence-corrected chi connectivity index (χ2v) is 12.3. The largest absolute Gasteiger partial charge is 0.271 e. The average molecular weight is 556 g/mol. The molecule has 10 heteroatoms. The van der Waals surface area contributed by atoms with Crippen LogP contribution in [0.25, 0.3) is 23.0 Å². The summed E-state index contributed by atoms with van der Waals surface area (Å²) in [5.41, 5.74) is 3.12. The van der Waals surface area contributed by atoms with Crippen LogP contribution in [0.5, 0.6) is 0 Å². The van der Waals surface area contributed by atoms with E-state index in [1.807, 2.05) is 36.4 Å². The zero-order chi connectivity index (χ0) is 28.6. The van der Waals surface area contributed by atoms with E-state index in [0.29, 0.717) is 22.4 Å². The van der Waals surface area contributed by atoms with E-state index in [-0.39, 0.29) is 22.1 Å². The average Bonchev–Trinajstić information content (AvgIpc) is 3.63. The molecule has 40 heavy (non-hydrogen) atoms.